The van der Waals surface area contributed by atoms with Crippen LogP contribution in [0.15, 0.2) is 60.3 Å². The molecule has 38 heavy (non-hydrogen) atoms. The van der Waals surface area contributed by atoms with Gasteiger partial charge >= 0.3 is 0 Å². The molecule has 0 saturated heterocycles. The van der Waals surface area contributed by atoms with E-state index >= 15 is 0 Å². The summed E-state index contributed by atoms with van der Waals surface area (Å²) in [4.78, 5) is 0. The number of aryl methyl sites for hydroxylation is 1. The average Bonchev–Trinajstić information content (AvgIpc) is 3.28. The third-order valence-corrected chi connectivity index (χ3v) is 9.40. The SMILES string of the molecule is CCC1=Cc2c(cnn2-c2ccc(F)cc2)CC1(C)[C@H](O)CCc1ccccc1[C@@H](C)N[S@+]([O-])C(C)(C)C. The fourth-order valence-electron chi connectivity index (χ4n) is 5.34. The van der Waals surface area contributed by atoms with Gasteiger partial charge in [-0.2, -0.15) is 5.10 Å². The van der Waals surface area contributed by atoms with Crippen LogP contribution in [-0.4, -0.2) is 30.3 Å². The lowest BCUT2D eigenvalue weighted by Crippen LogP contribution is -2.40. The maximum absolute atomic E-state index is 13.5. The van der Waals surface area contributed by atoms with Crippen LogP contribution < -0.4 is 4.72 Å². The molecule has 204 valence electrons. The summed E-state index contributed by atoms with van der Waals surface area (Å²) in [5.74, 6) is -0.274. The highest BCUT2D eigenvalue weighted by molar-refractivity contribution is 7.90. The first-order valence-electron chi connectivity index (χ1n) is 13.4. The number of aliphatic hydroxyl groups excluding tert-OH is 1. The summed E-state index contributed by atoms with van der Waals surface area (Å²) in [5, 5.41) is 16.2. The number of hydrogen-bond acceptors (Lipinski definition) is 4. The van der Waals surface area contributed by atoms with Gasteiger partial charge in [-0.05, 0) is 100 Å². The van der Waals surface area contributed by atoms with Crippen molar-refractivity contribution in [2.24, 2.45) is 5.41 Å². The van der Waals surface area contributed by atoms with E-state index in [1.807, 2.05) is 50.7 Å². The zero-order valence-electron chi connectivity index (χ0n) is 23.3. The van der Waals surface area contributed by atoms with E-state index in [4.69, 9.17) is 0 Å². The number of nitrogens with zero attached hydrogens (tertiary/aromatic N) is 2. The molecule has 1 aliphatic rings. The highest BCUT2D eigenvalue weighted by Crippen LogP contribution is 2.44. The van der Waals surface area contributed by atoms with Crippen LogP contribution in [0.5, 0.6) is 0 Å². The molecule has 1 unspecified atom stereocenters. The van der Waals surface area contributed by atoms with Crippen molar-refractivity contribution in [2.75, 3.05) is 0 Å². The molecular formula is C31H40FN3O2S. The normalized spacial score (nSPS) is 20.0. The van der Waals surface area contributed by atoms with Gasteiger partial charge in [0.05, 0.1) is 29.7 Å². The van der Waals surface area contributed by atoms with E-state index in [1.54, 1.807) is 12.1 Å². The number of rotatable bonds is 9. The lowest BCUT2D eigenvalue weighted by atomic mass is 9.67. The number of aliphatic hydroxyl groups is 1. The first kappa shape index (κ1) is 28.6. The Bertz CT molecular complexity index is 1280. The number of fused-ring (bicyclic) bond motifs is 1. The standard InChI is InChI=1S/C31H40FN3O2S/c1-7-24-18-28-23(20-33-35(28)26-15-13-25(32)14-16-26)19-31(24,6)29(36)17-12-22-10-8-9-11-27(22)21(2)34-38(37)30(3,4)5/h8-11,13-16,18,20-21,29,34,36H,7,12,17,19H2,1-6H3/t21-,29-,31?,38-/m1/s1. The maximum atomic E-state index is 13.5. The number of nitrogens with one attached hydrogen (secondary N) is 1. The van der Waals surface area contributed by atoms with Gasteiger partial charge in [-0.3, -0.25) is 0 Å². The fourth-order valence-corrected chi connectivity index (χ4v) is 6.14. The van der Waals surface area contributed by atoms with Gasteiger partial charge in [-0.1, -0.05) is 43.7 Å². The topological polar surface area (TPSA) is 73.1 Å². The van der Waals surface area contributed by atoms with Crippen molar-refractivity contribution in [3.05, 3.63) is 88.5 Å². The summed E-state index contributed by atoms with van der Waals surface area (Å²) in [7, 11) is 0. The summed E-state index contributed by atoms with van der Waals surface area (Å²) in [6.45, 7) is 12.2. The third-order valence-electron chi connectivity index (χ3n) is 7.72. The first-order valence-corrected chi connectivity index (χ1v) is 14.6. The van der Waals surface area contributed by atoms with Gasteiger partial charge < -0.3 is 9.66 Å². The molecular weight excluding hydrogens is 497 g/mol. The van der Waals surface area contributed by atoms with Crippen molar-refractivity contribution in [3.8, 4) is 5.69 Å². The van der Waals surface area contributed by atoms with Crippen LogP contribution in [0, 0.1) is 11.2 Å². The minimum Gasteiger partial charge on any atom is -0.598 e. The Hall–Kier alpha value is -2.45. The molecule has 0 spiro atoms. The van der Waals surface area contributed by atoms with Crippen molar-refractivity contribution < 1.29 is 14.0 Å². The number of benzene rings is 2. The molecule has 0 saturated carbocycles. The van der Waals surface area contributed by atoms with Gasteiger partial charge in [-0.15, -0.1) is 4.72 Å². The summed E-state index contributed by atoms with van der Waals surface area (Å²) < 4.78 is 30.9. The largest absolute Gasteiger partial charge is 0.598 e. The minimum atomic E-state index is -1.17. The molecule has 0 bridgehead atoms. The first-order chi connectivity index (χ1) is 17.9. The highest BCUT2D eigenvalue weighted by Gasteiger charge is 2.40. The van der Waals surface area contributed by atoms with Crippen LogP contribution in [0.4, 0.5) is 4.39 Å². The lowest BCUT2D eigenvalue weighted by Gasteiger charge is -2.39. The Labute approximate surface area is 229 Å². The molecule has 4 atom stereocenters. The molecule has 0 radical (unpaired) electrons. The quantitative estimate of drug-likeness (QED) is 0.307. The molecule has 0 aliphatic heterocycles. The average molecular weight is 538 g/mol. The molecule has 1 aromatic heterocycles. The Kier molecular flexibility index (Phi) is 8.52. The van der Waals surface area contributed by atoms with Gasteiger partial charge in [0.1, 0.15) is 10.6 Å². The zero-order chi connectivity index (χ0) is 27.7. The summed E-state index contributed by atoms with van der Waals surface area (Å²) in [5.41, 5.74) is 5.93. The van der Waals surface area contributed by atoms with Crippen LogP contribution in [0.1, 0.15) is 82.8 Å². The van der Waals surface area contributed by atoms with Gasteiger partial charge in [0, 0.05) is 16.8 Å². The fraction of sp³-hybridized carbons (Fsp3) is 0.452. The van der Waals surface area contributed by atoms with Crippen molar-refractivity contribution >= 4 is 17.4 Å². The minimum absolute atomic E-state index is 0.0698. The summed E-state index contributed by atoms with van der Waals surface area (Å²) in [6.07, 6.45) is 6.31. The van der Waals surface area contributed by atoms with Crippen molar-refractivity contribution in [2.45, 2.75) is 84.1 Å². The molecule has 2 N–H and O–H groups in total. The monoisotopic (exact) mass is 537 g/mol. The second-order valence-electron chi connectivity index (χ2n) is 11.5. The molecule has 0 fully saturated rings. The van der Waals surface area contributed by atoms with E-state index in [0.29, 0.717) is 12.8 Å². The molecule has 1 aliphatic carbocycles. The van der Waals surface area contributed by atoms with E-state index < -0.39 is 22.9 Å². The van der Waals surface area contributed by atoms with Crippen LogP contribution >= 0.6 is 0 Å². The van der Waals surface area contributed by atoms with Gasteiger partial charge in [0.25, 0.3) is 0 Å². The van der Waals surface area contributed by atoms with Crippen molar-refractivity contribution in [3.63, 3.8) is 0 Å². The van der Waals surface area contributed by atoms with E-state index in [1.165, 1.54) is 17.7 Å². The van der Waals surface area contributed by atoms with Gasteiger partial charge in [0.15, 0.2) is 0 Å². The number of halogens is 1. The van der Waals surface area contributed by atoms with E-state index in [-0.39, 0.29) is 16.6 Å². The molecule has 7 heteroatoms. The Balaban J connectivity index is 1.52. The Morgan fingerprint density at radius 2 is 1.87 bits per heavy atom. The predicted molar refractivity (Wildman–Crippen MR) is 154 cm³/mol. The number of hydrogen-bond donors (Lipinski definition) is 2. The molecule has 1 heterocycles. The predicted octanol–water partition coefficient (Wildman–Crippen LogP) is 6.47. The van der Waals surface area contributed by atoms with Crippen molar-refractivity contribution in [1.82, 2.24) is 14.5 Å². The zero-order valence-corrected chi connectivity index (χ0v) is 24.1. The van der Waals surface area contributed by atoms with Crippen molar-refractivity contribution in [1.29, 1.82) is 0 Å². The van der Waals surface area contributed by atoms with Crippen LogP contribution in [0.25, 0.3) is 11.8 Å². The van der Waals surface area contributed by atoms with Crippen LogP contribution in [0.3, 0.4) is 0 Å². The van der Waals surface area contributed by atoms with E-state index in [2.05, 4.69) is 41.9 Å². The molecule has 2 aromatic carbocycles. The van der Waals surface area contributed by atoms with Gasteiger partial charge in [-0.25, -0.2) is 9.07 Å². The molecule has 3 aromatic rings. The second kappa shape index (κ2) is 11.3. The molecule has 0 amide bonds. The highest BCUT2D eigenvalue weighted by atomic mass is 32.2. The summed E-state index contributed by atoms with van der Waals surface area (Å²) >= 11 is -1.17. The van der Waals surface area contributed by atoms with E-state index in [9.17, 15) is 14.0 Å². The van der Waals surface area contributed by atoms with Crippen LogP contribution in [-0.2, 0) is 24.2 Å². The van der Waals surface area contributed by atoms with Gasteiger partial charge in [0.2, 0.25) is 0 Å². The van der Waals surface area contributed by atoms with E-state index in [0.717, 1.165) is 40.9 Å². The number of aromatic nitrogens is 2. The van der Waals surface area contributed by atoms with Crippen LogP contribution in [0.2, 0.25) is 0 Å². The third kappa shape index (κ3) is 5.91. The Morgan fingerprint density at radius 3 is 2.53 bits per heavy atom. The molecule has 4 rings (SSSR count). The Morgan fingerprint density at radius 1 is 1.18 bits per heavy atom. The lowest BCUT2D eigenvalue weighted by molar-refractivity contribution is 0.0531. The molecule has 5 nitrogen and oxygen atoms in total. The smallest absolute Gasteiger partial charge is 0.136 e. The second-order valence-corrected chi connectivity index (χ2v) is 13.5. The maximum Gasteiger partial charge on any atom is 0.136 e. The summed E-state index contributed by atoms with van der Waals surface area (Å²) in [6, 6.07) is 14.5.